The second kappa shape index (κ2) is 8.06. The van der Waals surface area contributed by atoms with Crippen LogP contribution in [0.25, 0.3) is 10.9 Å². The predicted molar refractivity (Wildman–Crippen MR) is 116 cm³/mol. The van der Waals surface area contributed by atoms with Gasteiger partial charge in [-0.1, -0.05) is 41.6 Å². The summed E-state index contributed by atoms with van der Waals surface area (Å²) in [6.07, 6.45) is 1.42. The first kappa shape index (κ1) is 19.8. The summed E-state index contributed by atoms with van der Waals surface area (Å²) in [5.74, 6) is 0.634. The fourth-order valence-electron chi connectivity index (χ4n) is 2.90. The van der Waals surface area contributed by atoms with Crippen molar-refractivity contribution in [1.29, 1.82) is 0 Å². The average molecular weight is 442 g/mol. The van der Waals surface area contributed by atoms with Gasteiger partial charge < -0.3 is 4.74 Å². The van der Waals surface area contributed by atoms with Crippen LogP contribution in [0, 0.1) is 0 Å². The average Bonchev–Trinajstić information content (AvgIpc) is 2.74. The minimum atomic E-state index is -3.80. The van der Waals surface area contributed by atoms with E-state index in [1.165, 1.54) is 30.1 Å². The van der Waals surface area contributed by atoms with Crippen LogP contribution in [-0.2, 0) is 9.84 Å². The first-order chi connectivity index (χ1) is 14.0. The van der Waals surface area contributed by atoms with Crippen LogP contribution in [-0.4, -0.2) is 20.5 Å². The van der Waals surface area contributed by atoms with E-state index in [1.54, 1.807) is 25.3 Å². The molecule has 0 aliphatic rings. The summed E-state index contributed by atoms with van der Waals surface area (Å²) in [5, 5.41) is 1.19. The Kier molecular flexibility index (Phi) is 5.50. The summed E-state index contributed by atoms with van der Waals surface area (Å²) in [7, 11) is -2.22. The van der Waals surface area contributed by atoms with E-state index in [2.05, 4.69) is 4.98 Å². The highest BCUT2D eigenvalue weighted by molar-refractivity contribution is 8.00. The van der Waals surface area contributed by atoms with Gasteiger partial charge in [0.1, 0.15) is 10.6 Å². The zero-order valence-electron chi connectivity index (χ0n) is 15.4. The normalized spacial score (nSPS) is 11.5. The molecule has 0 atom stereocenters. The molecular weight excluding hydrogens is 426 g/mol. The summed E-state index contributed by atoms with van der Waals surface area (Å²) in [5.41, 5.74) is 0.694. The summed E-state index contributed by atoms with van der Waals surface area (Å²) in [6, 6.07) is 21.2. The molecule has 0 saturated heterocycles. The number of methoxy groups -OCH3 is 1. The number of sulfone groups is 1. The minimum absolute atomic E-state index is 0.148. The third-order valence-corrected chi connectivity index (χ3v) is 7.68. The fraction of sp³-hybridized carbons (Fsp3) is 0.0455. The first-order valence-electron chi connectivity index (χ1n) is 8.69. The van der Waals surface area contributed by atoms with Crippen LogP contribution < -0.4 is 4.74 Å². The van der Waals surface area contributed by atoms with Gasteiger partial charge in [-0.25, -0.2) is 8.42 Å². The largest absolute Gasteiger partial charge is 0.497 e. The SMILES string of the molecule is COc1ccc2ncc(S(=O)(=O)c3ccc(Cl)cc3)c(Sc3ccccc3)c2c1. The maximum Gasteiger partial charge on any atom is 0.209 e. The monoisotopic (exact) mass is 441 g/mol. The molecule has 0 saturated carbocycles. The summed E-state index contributed by atoms with van der Waals surface area (Å²) in [6.45, 7) is 0. The summed E-state index contributed by atoms with van der Waals surface area (Å²) < 4.78 is 32.2. The first-order valence-corrected chi connectivity index (χ1v) is 11.4. The molecule has 3 aromatic carbocycles. The number of pyridine rings is 1. The molecule has 0 aliphatic carbocycles. The van der Waals surface area contributed by atoms with Crippen molar-refractivity contribution < 1.29 is 13.2 Å². The van der Waals surface area contributed by atoms with Gasteiger partial charge in [0.25, 0.3) is 0 Å². The Morgan fingerprint density at radius 1 is 0.966 bits per heavy atom. The molecule has 1 aromatic heterocycles. The van der Waals surface area contributed by atoms with E-state index in [0.717, 1.165) is 4.90 Å². The molecule has 146 valence electrons. The van der Waals surface area contributed by atoms with E-state index in [9.17, 15) is 8.42 Å². The lowest BCUT2D eigenvalue weighted by Crippen LogP contribution is -2.05. The van der Waals surface area contributed by atoms with Gasteiger partial charge in [0, 0.05) is 26.4 Å². The van der Waals surface area contributed by atoms with Crippen molar-refractivity contribution >= 4 is 44.1 Å². The quantitative estimate of drug-likeness (QED) is 0.387. The second-order valence-electron chi connectivity index (χ2n) is 6.21. The third kappa shape index (κ3) is 3.96. The molecule has 0 spiro atoms. The highest BCUT2D eigenvalue weighted by Crippen LogP contribution is 2.40. The van der Waals surface area contributed by atoms with Crippen molar-refractivity contribution in [3.05, 3.63) is 84.0 Å². The van der Waals surface area contributed by atoms with E-state index < -0.39 is 9.84 Å². The molecule has 29 heavy (non-hydrogen) atoms. The predicted octanol–water partition coefficient (Wildman–Crippen LogP) is 5.88. The number of ether oxygens (including phenoxy) is 1. The van der Waals surface area contributed by atoms with Gasteiger partial charge in [0.05, 0.1) is 17.5 Å². The molecule has 0 radical (unpaired) electrons. The lowest BCUT2D eigenvalue weighted by molar-refractivity contribution is 0.415. The molecule has 0 bridgehead atoms. The summed E-state index contributed by atoms with van der Waals surface area (Å²) in [4.78, 5) is 6.24. The van der Waals surface area contributed by atoms with Crippen molar-refractivity contribution in [1.82, 2.24) is 4.98 Å². The Balaban J connectivity index is 1.97. The number of hydrogen-bond donors (Lipinski definition) is 0. The minimum Gasteiger partial charge on any atom is -0.497 e. The topological polar surface area (TPSA) is 56.3 Å². The standard InChI is InChI=1S/C22H16ClNO3S2/c1-27-16-9-12-20-19(13-16)22(28-17-5-3-2-4-6-17)21(14-24-20)29(25,26)18-10-7-15(23)8-11-18/h2-14H,1H3. The van der Waals surface area contributed by atoms with Gasteiger partial charge in [-0.3, -0.25) is 4.98 Å². The molecule has 0 N–H and O–H groups in total. The lowest BCUT2D eigenvalue weighted by Gasteiger charge is -2.14. The van der Waals surface area contributed by atoms with Gasteiger partial charge in [-0.15, -0.1) is 0 Å². The Bertz CT molecular complexity index is 1270. The van der Waals surface area contributed by atoms with Gasteiger partial charge >= 0.3 is 0 Å². The molecule has 1 heterocycles. The number of aromatic nitrogens is 1. The Morgan fingerprint density at radius 3 is 2.38 bits per heavy atom. The Morgan fingerprint density at radius 2 is 1.69 bits per heavy atom. The van der Waals surface area contributed by atoms with Gasteiger partial charge in [0.2, 0.25) is 9.84 Å². The van der Waals surface area contributed by atoms with Crippen LogP contribution in [0.15, 0.2) is 98.6 Å². The zero-order valence-corrected chi connectivity index (χ0v) is 17.8. The van der Waals surface area contributed by atoms with Crippen LogP contribution in [0.2, 0.25) is 5.02 Å². The van der Waals surface area contributed by atoms with Crippen LogP contribution in [0.5, 0.6) is 5.75 Å². The molecule has 7 heteroatoms. The van der Waals surface area contributed by atoms with Gasteiger partial charge in [-0.2, -0.15) is 0 Å². The van der Waals surface area contributed by atoms with E-state index >= 15 is 0 Å². The number of fused-ring (bicyclic) bond motifs is 1. The van der Waals surface area contributed by atoms with Crippen molar-refractivity contribution in [2.45, 2.75) is 19.6 Å². The molecule has 0 amide bonds. The summed E-state index contributed by atoms with van der Waals surface area (Å²) >= 11 is 7.32. The highest BCUT2D eigenvalue weighted by atomic mass is 35.5. The Labute approximate surface area is 178 Å². The number of hydrogen-bond acceptors (Lipinski definition) is 5. The van der Waals surface area contributed by atoms with E-state index in [-0.39, 0.29) is 9.79 Å². The molecule has 4 rings (SSSR count). The number of nitrogens with zero attached hydrogens (tertiary/aromatic N) is 1. The molecule has 0 fully saturated rings. The van der Waals surface area contributed by atoms with Crippen LogP contribution >= 0.6 is 23.4 Å². The van der Waals surface area contributed by atoms with Crippen molar-refractivity contribution in [3.63, 3.8) is 0 Å². The van der Waals surface area contributed by atoms with E-state index in [4.69, 9.17) is 16.3 Å². The molecule has 0 aliphatic heterocycles. The van der Waals surface area contributed by atoms with E-state index in [0.29, 0.717) is 26.6 Å². The molecular formula is C22H16ClNO3S2. The Hall–Kier alpha value is -2.54. The lowest BCUT2D eigenvalue weighted by atomic mass is 10.2. The maximum atomic E-state index is 13.4. The van der Waals surface area contributed by atoms with E-state index in [1.807, 2.05) is 42.5 Å². The van der Waals surface area contributed by atoms with Crippen LogP contribution in [0.1, 0.15) is 0 Å². The van der Waals surface area contributed by atoms with Gasteiger partial charge in [-0.05, 0) is 54.6 Å². The van der Waals surface area contributed by atoms with Crippen LogP contribution in [0.4, 0.5) is 0 Å². The smallest absolute Gasteiger partial charge is 0.209 e. The van der Waals surface area contributed by atoms with Crippen molar-refractivity contribution in [2.24, 2.45) is 0 Å². The second-order valence-corrected chi connectivity index (χ2v) is 9.65. The maximum absolute atomic E-state index is 13.4. The number of rotatable bonds is 5. The van der Waals surface area contributed by atoms with Crippen molar-refractivity contribution in [2.75, 3.05) is 7.11 Å². The van der Waals surface area contributed by atoms with Crippen LogP contribution in [0.3, 0.4) is 0 Å². The fourth-order valence-corrected chi connectivity index (χ4v) is 5.73. The highest BCUT2D eigenvalue weighted by Gasteiger charge is 2.24. The zero-order chi connectivity index (χ0) is 20.4. The number of halogens is 1. The molecule has 4 nitrogen and oxygen atoms in total. The number of benzene rings is 3. The van der Waals surface area contributed by atoms with Gasteiger partial charge in [0.15, 0.2) is 0 Å². The third-order valence-electron chi connectivity index (χ3n) is 4.37. The molecule has 0 unspecified atom stereocenters. The van der Waals surface area contributed by atoms with Crippen molar-refractivity contribution in [3.8, 4) is 5.75 Å². The molecule has 4 aromatic rings.